The lowest BCUT2D eigenvalue weighted by atomic mass is 10.1. The van der Waals surface area contributed by atoms with Crippen LogP contribution in [0.25, 0.3) is 0 Å². The van der Waals surface area contributed by atoms with Crippen molar-refractivity contribution in [1.29, 1.82) is 0 Å². The lowest BCUT2D eigenvalue weighted by Crippen LogP contribution is -1.97. The number of carbonyl (C=O) groups is 1. The molecule has 0 aliphatic heterocycles. The molecule has 0 amide bonds. The van der Waals surface area contributed by atoms with E-state index < -0.39 is 5.97 Å². The van der Waals surface area contributed by atoms with Crippen molar-refractivity contribution >= 4 is 5.97 Å². The van der Waals surface area contributed by atoms with Crippen LogP contribution in [0.2, 0.25) is 0 Å². The summed E-state index contributed by atoms with van der Waals surface area (Å²) < 4.78 is 7.26. The highest BCUT2D eigenvalue weighted by atomic mass is 16.4. The lowest BCUT2D eigenvalue weighted by molar-refractivity contribution is 0.0696. The van der Waals surface area contributed by atoms with Gasteiger partial charge in [0, 0.05) is 0 Å². The highest BCUT2D eigenvalue weighted by Gasteiger charge is 2.02. The van der Waals surface area contributed by atoms with Gasteiger partial charge < -0.3 is 5.11 Å². The Labute approximate surface area is 60.5 Å². The first-order chi connectivity index (χ1) is 5.13. The molecule has 0 unspecified atom stereocenters. The third kappa shape index (κ3) is 1.16. The molecule has 0 aromatic heterocycles. The standard InChI is InChI=1S/C8H8O2/c1-6-4-2-3-5-7(6)8(9)10/h2-5H,1H3,(H,9,10)/i5D. The number of benzene rings is 1. The monoisotopic (exact) mass is 137 g/mol. The maximum Gasteiger partial charge on any atom is 0.335 e. The van der Waals surface area contributed by atoms with Crippen molar-refractivity contribution in [1.82, 2.24) is 0 Å². The number of rotatable bonds is 1. The molecule has 0 saturated heterocycles. The van der Waals surface area contributed by atoms with Crippen LogP contribution in [0.5, 0.6) is 0 Å². The molecule has 0 bridgehead atoms. The van der Waals surface area contributed by atoms with Crippen molar-refractivity contribution in [3.05, 3.63) is 35.4 Å². The van der Waals surface area contributed by atoms with Crippen LogP contribution >= 0.6 is 0 Å². The maximum absolute atomic E-state index is 10.5. The van der Waals surface area contributed by atoms with E-state index in [0.717, 1.165) is 0 Å². The second-order valence-electron chi connectivity index (χ2n) is 2.03. The van der Waals surface area contributed by atoms with Gasteiger partial charge in [-0.1, -0.05) is 18.2 Å². The fourth-order valence-corrected chi connectivity index (χ4v) is 0.751. The molecule has 0 radical (unpaired) electrons. The molecule has 1 N–H and O–H groups in total. The summed E-state index contributed by atoms with van der Waals surface area (Å²) in [4.78, 5) is 10.5. The van der Waals surface area contributed by atoms with Gasteiger partial charge in [-0.2, -0.15) is 0 Å². The Balaban J connectivity index is 3.32. The van der Waals surface area contributed by atoms with Crippen LogP contribution < -0.4 is 0 Å². The van der Waals surface area contributed by atoms with Crippen molar-refractivity contribution in [2.24, 2.45) is 0 Å². The molecule has 1 aromatic rings. The van der Waals surface area contributed by atoms with Gasteiger partial charge >= 0.3 is 5.97 Å². The second kappa shape index (κ2) is 2.52. The van der Waals surface area contributed by atoms with E-state index in [1.807, 2.05) is 0 Å². The molecule has 0 aliphatic carbocycles. The van der Waals surface area contributed by atoms with Gasteiger partial charge in [0.1, 0.15) is 0 Å². The van der Waals surface area contributed by atoms with Gasteiger partial charge in [-0.25, -0.2) is 4.79 Å². The number of aryl methyl sites for hydroxylation is 1. The molecule has 0 aliphatic rings. The van der Waals surface area contributed by atoms with E-state index in [2.05, 4.69) is 0 Å². The third-order valence-electron chi connectivity index (χ3n) is 1.28. The van der Waals surface area contributed by atoms with Crippen LogP contribution in [0.3, 0.4) is 0 Å². The predicted molar refractivity (Wildman–Crippen MR) is 38.1 cm³/mol. The van der Waals surface area contributed by atoms with Crippen LogP contribution in [-0.4, -0.2) is 11.1 Å². The quantitative estimate of drug-likeness (QED) is 0.639. The lowest BCUT2D eigenvalue weighted by Gasteiger charge is -1.96. The summed E-state index contributed by atoms with van der Waals surface area (Å²) in [5.74, 6) is -1.03. The first kappa shape index (κ1) is 5.47. The normalized spacial score (nSPS) is 10.7. The van der Waals surface area contributed by atoms with E-state index in [-0.39, 0.29) is 11.6 Å². The van der Waals surface area contributed by atoms with Gasteiger partial charge in [0.2, 0.25) is 0 Å². The summed E-state index contributed by atoms with van der Waals surface area (Å²) in [5.41, 5.74) is 0.720. The molecule has 0 atom stereocenters. The average molecular weight is 137 g/mol. The topological polar surface area (TPSA) is 37.3 Å². The minimum Gasteiger partial charge on any atom is -0.478 e. The number of carboxylic acid groups (broad SMARTS) is 1. The van der Waals surface area contributed by atoms with Gasteiger partial charge in [0.05, 0.1) is 6.93 Å². The number of carboxylic acids is 1. The van der Waals surface area contributed by atoms with Crippen molar-refractivity contribution in [3.63, 3.8) is 0 Å². The summed E-state index contributed by atoms with van der Waals surface area (Å²) in [6.45, 7) is 1.68. The minimum atomic E-state index is -1.03. The van der Waals surface area contributed by atoms with Crippen LogP contribution in [0.4, 0.5) is 0 Å². The highest BCUT2D eigenvalue weighted by Crippen LogP contribution is 2.05. The average Bonchev–Trinajstić information content (AvgIpc) is 1.85. The van der Waals surface area contributed by atoms with E-state index in [4.69, 9.17) is 6.48 Å². The second-order valence-corrected chi connectivity index (χ2v) is 2.03. The molecular weight excluding hydrogens is 128 g/mol. The van der Waals surface area contributed by atoms with Gasteiger partial charge in [-0.3, -0.25) is 0 Å². The summed E-state index contributed by atoms with van der Waals surface area (Å²) in [6, 6.07) is 4.89. The van der Waals surface area contributed by atoms with Gasteiger partial charge in [-0.15, -0.1) is 0 Å². The third-order valence-corrected chi connectivity index (χ3v) is 1.28. The van der Waals surface area contributed by atoms with Gasteiger partial charge in [0.25, 0.3) is 0 Å². The molecule has 0 saturated carbocycles. The van der Waals surface area contributed by atoms with E-state index in [0.29, 0.717) is 5.56 Å². The zero-order valence-corrected chi connectivity index (χ0v) is 5.59. The minimum absolute atomic E-state index is 0.0671. The molecule has 52 valence electrons. The van der Waals surface area contributed by atoms with E-state index in [1.54, 1.807) is 19.1 Å². The number of hydrogen-bond acceptors (Lipinski definition) is 1. The first-order valence-electron chi connectivity index (χ1n) is 3.42. The maximum atomic E-state index is 10.5. The summed E-state index contributed by atoms with van der Waals surface area (Å²) in [7, 11) is 0. The van der Waals surface area contributed by atoms with Crippen molar-refractivity contribution in [2.75, 3.05) is 0 Å². The number of hydrogen-bond donors (Lipinski definition) is 1. The Hall–Kier alpha value is -1.31. The Morgan fingerprint density at radius 1 is 1.70 bits per heavy atom. The van der Waals surface area contributed by atoms with Crippen molar-refractivity contribution in [3.8, 4) is 0 Å². The Morgan fingerprint density at radius 2 is 2.40 bits per heavy atom. The highest BCUT2D eigenvalue weighted by molar-refractivity contribution is 5.89. The van der Waals surface area contributed by atoms with Crippen molar-refractivity contribution in [2.45, 2.75) is 6.92 Å². The van der Waals surface area contributed by atoms with Crippen LogP contribution in [0, 0.1) is 6.92 Å². The van der Waals surface area contributed by atoms with Crippen LogP contribution in [-0.2, 0) is 0 Å². The molecule has 2 heteroatoms. The molecule has 0 heterocycles. The molecule has 10 heavy (non-hydrogen) atoms. The SMILES string of the molecule is [2H]c1cccc(C)c1C(=O)O. The Morgan fingerprint density at radius 3 is 2.80 bits per heavy atom. The Kier molecular flexibility index (Phi) is 1.38. The predicted octanol–water partition coefficient (Wildman–Crippen LogP) is 1.69. The van der Waals surface area contributed by atoms with Crippen molar-refractivity contribution < 1.29 is 11.3 Å². The molecule has 2 nitrogen and oxygen atoms in total. The van der Waals surface area contributed by atoms with E-state index in [1.165, 1.54) is 6.07 Å². The zero-order chi connectivity index (χ0) is 8.43. The van der Waals surface area contributed by atoms with E-state index >= 15 is 0 Å². The smallest absolute Gasteiger partial charge is 0.335 e. The first-order valence-corrected chi connectivity index (χ1v) is 2.92. The van der Waals surface area contributed by atoms with Gasteiger partial charge in [0.15, 0.2) is 0 Å². The zero-order valence-electron chi connectivity index (χ0n) is 6.59. The fourth-order valence-electron chi connectivity index (χ4n) is 0.751. The number of aromatic carboxylic acids is 1. The molecule has 1 aromatic carbocycles. The largest absolute Gasteiger partial charge is 0.478 e. The molecule has 1 rings (SSSR count). The van der Waals surface area contributed by atoms with Crippen LogP contribution in [0.15, 0.2) is 24.2 Å². The fraction of sp³-hybridized carbons (Fsp3) is 0.125. The molecule has 0 spiro atoms. The Bertz CT molecular complexity index is 274. The summed E-state index contributed by atoms with van der Waals surface area (Å²) in [6.07, 6.45) is 0. The summed E-state index contributed by atoms with van der Waals surface area (Å²) >= 11 is 0. The molecule has 0 fully saturated rings. The molecular formula is C8H8O2. The van der Waals surface area contributed by atoms with Crippen LogP contribution in [0.1, 0.15) is 17.3 Å². The van der Waals surface area contributed by atoms with Gasteiger partial charge in [-0.05, 0) is 18.5 Å². The van der Waals surface area contributed by atoms with E-state index in [9.17, 15) is 4.79 Å². The summed E-state index contributed by atoms with van der Waals surface area (Å²) in [5, 5.41) is 8.63.